The average Bonchev–Trinajstić information content (AvgIpc) is 3.47. The Kier molecular flexibility index (Phi) is 6.66. The number of aromatic nitrogens is 3. The summed E-state index contributed by atoms with van der Waals surface area (Å²) >= 11 is 0. The lowest BCUT2D eigenvalue weighted by molar-refractivity contribution is -0.194. The summed E-state index contributed by atoms with van der Waals surface area (Å²) in [6.45, 7) is 2.39. The van der Waals surface area contributed by atoms with E-state index in [1.807, 2.05) is 38.1 Å². The van der Waals surface area contributed by atoms with E-state index in [0.717, 1.165) is 22.0 Å². The van der Waals surface area contributed by atoms with Crippen molar-refractivity contribution >= 4 is 16.8 Å². The molecule has 9 heteroatoms. The molecular weight excluding hydrogens is 443 g/mol. The number of benzene rings is 1. The first kappa shape index (κ1) is 24.2. The highest BCUT2D eigenvalue weighted by molar-refractivity contribution is 5.82. The number of hydrogen-bond acceptors (Lipinski definition) is 4. The van der Waals surface area contributed by atoms with Crippen molar-refractivity contribution in [3.8, 4) is 0 Å². The number of aromatic amines is 1. The third kappa shape index (κ3) is 4.80. The Labute approximate surface area is 196 Å². The van der Waals surface area contributed by atoms with E-state index >= 15 is 0 Å². The third-order valence-electron chi connectivity index (χ3n) is 7.22. The van der Waals surface area contributed by atoms with Gasteiger partial charge in [-0.3, -0.25) is 14.9 Å². The molecule has 2 unspecified atom stereocenters. The predicted octanol–water partition coefficient (Wildman–Crippen LogP) is 4.37. The number of nitrogens with one attached hydrogen (secondary N) is 2. The molecule has 0 spiro atoms. The molecule has 1 fully saturated rings. The van der Waals surface area contributed by atoms with Crippen LogP contribution in [0.1, 0.15) is 41.9 Å². The molecule has 2 aromatic heterocycles. The van der Waals surface area contributed by atoms with E-state index in [1.165, 1.54) is 12.4 Å². The molecule has 1 saturated carbocycles. The zero-order chi connectivity index (χ0) is 24.5. The molecule has 1 amide bonds. The number of pyridine rings is 1. The summed E-state index contributed by atoms with van der Waals surface area (Å²) in [4.78, 5) is 18.9. The minimum Gasteiger partial charge on any atom is -0.355 e. The molecular formula is C25H30F3N5O. The first-order chi connectivity index (χ1) is 16.1. The number of fused-ring (bicyclic) bond motifs is 1. The second-order valence-corrected chi connectivity index (χ2v) is 9.50. The zero-order valence-electron chi connectivity index (χ0n) is 19.6. The van der Waals surface area contributed by atoms with Crippen LogP contribution in [-0.2, 0) is 11.2 Å². The lowest BCUT2D eigenvalue weighted by Gasteiger charge is -2.30. The number of carbonyl (C=O) groups excluding carboxylic acids is 1. The van der Waals surface area contributed by atoms with E-state index in [2.05, 4.69) is 20.5 Å². The van der Waals surface area contributed by atoms with Crippen LogP contribution in [0.4, 0.5) is 13.2 Å². The first-order valence-electron chi connectivity index (χ1n) is 11.4. The molecule has 182 valence electrons. The quantitative estimate of drug-likeness (QED) is 0.484. The van der Waals surface area contributed by atoms with Crippen molar-refractivity contribution < 1.29 is 18.0 Å². The molecule has 1 aromatic carbocycles. The van der Waals surface area contributed by atoms with Crippen LogP contribution < -0.4 is 5.32 Å². The van der Waals surface area contributed by atoms with Gasteiger partial charge in [-0.1, -0.05) is 12.1 Å². The van der Waals surface area contributed by atoms with Crippen molar-refractivity contribution in [3.63, 3.8) is 0 Å². The third-order valence-corrected chi connectivity index (χ3v) is 7.22. The molecule has 1 aliphatic carbocycles. The molecule has 0 saturated heterocycles. The Hall–Kier alpha value is -2.94. The number of hydrogen-bond donors (Lipinski definition) is 2. The van der Waals surface area contributed by atoms with Gasteiger partial charge in [0, 0.05) is 42.7 Å². The minimum atomic E-state index is -4.36. The first-order valence-corrected chi connectivity index (χ1v) is 11.4. The molecule has 4 rings (SSSR count). The van der Waals surface area contributed by atoms with Crippen molar-refractivity contribution in [3.05, 3.63) is 59.5 Å². The van der Waals surface area contributed by atoms with Gasteiger partial charge in [0.15, 0.2) is 0 Å². The van der Waals surface area contributed by atoms with Gasteiger partial charge < -0.3 is 10.2 Å². The van der Waals surface area contributed by atoms with Crippen LogP contribution in [0, 0.1) is 12.3 Å². The number of likely N-dealkylation sites (N-methyl/N-ethyl adjacent to an activating group) is 1. The Bertz CT molecular complexity index is 1140. The van der Waals surface area contributed by atoms with Crippen LogP contribution in [-0.4, -0.2) is 58.8 Å². The predicted molar refractivity (Wildman–Crippen MR) is 124 cm³/mol. The zero-order valence-corrected chi connectivity index (χ0v) is 19.6. The molecule has 2 heterocycles. The highest BCUT2D eigenvalue weighted by atomic mass is 19.4. The number of nitrogens with zero attached hydrogens (tertiary/aromatic N) is 3. The van der Waals surface area contributed by atoms with Crippen LogP contribution in [0.25, 0.3) is 10.9 Å². The van der Waals surface area contributed by atoms with Gasteiger partial charge in [0.2, 0.25) is 5.91 Å². The topological polar surface area (TPSA) is 73.9 Å². The SMILES string of the molecule is Cc1c(CC(CNC(=O)CC(c2cccnc2)C2(C(F)(F)F)CC2)N(C)C)ccc2[nH]ncc12. The van der Waals surface area contributed by atoms with Crippen molar-refractivity contribution in [2.75, 3.05) is 20.6 Å². The highest BCUT2D eigenvalue weighted by Crippen LogP contribution is 2.66. The van der Waals surface area contributed by atoms with Crippen LogP contribution in [0.2, 0.25) is 0 Å². The Morgan fingerprint density at radius 3 is 2.62 bits per heavy atom. The lowest BCUT2D eigenvalue weighted by Crippen LogP contribution is -2.43. The molecule has 6 nitrogen and oxygen atoms in total. The van der Waals surface area contributed by atoms with E-state index in [1.54, 1.807) is 18.3 Å². The van der Waals surface area contributed by atoms with Crippen LogP contribution in [0.3, 0.4) is 0 Å². The number of aryl methyl sites for hydroxylation is 1. The Morgan fingerprint density at radius 2 is 2.00 bits per heavy atom. The largest absolute Gasteiger partial charge is 0.395 e. The summed E-state index contributed by atoms with van der Waals surface area (Å²) in [6.07, 6.45) is 0.971. The fraction of sp³-hybridized carbons (Fsp3) is 0.480. The summed E-state index contributed by atoms with van der Waals surface area (Å²) in [5.74, 6) is -1.32. The molecule has 2 atom stereocenters. The van der Waals surface area contributed by atoms with Gasteiger partial charge in [-0.05, 0) is 69.1 Å². The number of rotatable bonds is 9. The lowest BCUT2D eigenvalue weighted by atomic mass is 9.80. The second kappa shape index (κ2) is 9.37. The second-order valence-electron chi connectivity index (χ2n) is 9.50. The molecule has 0 bridgehead atoms. The molecule has 3 aromatic rings. The monoisotopic (exact) mass is 473 g/mol. The number of H-pyrrole nitrogens is 1. The van der Waals surface area contributed by atoms with Crippen molar-refractivity contribution in [2.24, 2.45) is 5.41 Å². The van der Waals surface area contributed by atoms with Crippen LogP contribution >= 0.6 is 0 Å². The van der Waals surface area contributed by atoms with Crippen LogP contribution in [0.5, 0.6) is 0 Å². The number of carbonyl (C=O) groups is 1. The minimum absolute atomic E-state index is 0.0126. The molecule has 2 N–H and O–H groups in total. The molecule has 0 aliphatic heterocycles. The van der Waals surface area contributed by atoms with Crippen molar-refractivity contribution in [2.45, 2.75) is 50.7 Å². The number of alkyl halides is 3. The van der Waals surface area contributed by atoms with Crippen molar-refractivity contribution in [1.29, 1.82) is 0 Å². The summed E-state index contributed by atoms with van der Waals surface area (Å²) in [5, 5.41) is 11.0. The normalized spacial score (nSPS) is 17.0. The van der Waals surface area contributed by atoms with Gasteiger partial charge in [0.25, 0.3) is 0 Å². The molecule has 0 radical (unpaired) electrons. The number of amides is 1. The van der Waals surface area contributed by atoms with Gasteiger partial charge in [0.1, 0.15) is 0 Å². The van der Waals surface area contributed by atoms with E-state index in [0.29, 0.717) is 18.5 Å². The van der Waals surface area contributed by atoms with Crippen LogP contribution in [0.15, 0.2) is 42.9 Å². The van der Waals surface area contributed by atoms with E-state index in [-0.39, 0.29) is 31.2 Å². The smallest absolute Gasteiger partial charge is 0.355 e. The van der Waals surface area contributed by atoms with E-state index in [9.17, 15) is 18.0 Å². The average molecular weight is 474 g/mol. The molecule has 1 aliphatic rings. The van der Waals surface area contributed by atoms with Crippen molar-refractivity contribution in [1.82, 2.24) is 25.4 Å². The van der Waals surface area contributed by atoms with Gasteiger partial charge >= 0.3 is 6.18 Å². The van der Waals surface area contributed by atoms with E-state index < -0.39 is 17.5 Å². The maximum Gasteiger partial charge on any atom is 0.395 e. The summed E-state index contributed by atoms with van der Waals surface area (Å²) in [5.41, 5.74) is 1.86. The molecule has 34 heavy (non-hydrogen) atoms. The van der Waals surface area contributed by atoms with Gasteiger partial charge in [-0.2, -0.15) is 18.3 Å². The fourth-order valence-electron chi connectivity index (χ4n) is 4.78. The maximum atomic E-state index is 13.9. The van der Waals surface area contributed by atoms with E-state index in [4.69, 9.17) is 0 Å². The summed E-state index contributed by atoms with van der Waals surface area (Å²) in [7, 11) is 3.87. The van der Waals surface area contributed by atoms with Gasteiger partial charge in [0.05, 0.1) is 17.1 Å². The summed E-state index contributed by atoms with van der Waals surface area (Å²) < 4.78 is 41.7. The fourth-order valence-corrected chi connectivity index (χ4v) is 4.78. The van der Waals surface area contributed by atoms with Gasteiger partial charge in [-0.15, -0.1) is 0 Å². The Balaban J connectivity index is 1.45. The summed E-state index contributed by atoms with van der Waals surface area (Å²) in [6, 6.07) is 7.27. The number of halogens is 3. The highest BCUT2D eigenvalue weighted by Gasteiger charge is 2.67. The van der Waals surface area contributed by atoms with Gasteiger partial charge in [-0.25, -0.2) is 0 Å². The Morgan fingerprint density at radius 1 is 1.24 bits per heavy atom. The maximum absolute atomic E-state index is 13.9. The standard InChI is InChI=1S/C25H30F3N5O/c1-16-17(6-7-22-20(16)15-31-32-22)11-19(33(2)3)14-30-23(34)12-21(18-5-4-10-29-13-18)24(8-9-24)25(26,27)28/h4-7,10,13,15,19,21H,8-9,11-12,14H2,1-3H3,(H,30,34)(H,31,32).